The maximum atomic E-state index is 5.83. The van der Waals surface area contributed by atoms with Crippen LogP contribution in [0, 0.1) is 6.92 Å². The third-order valence-electron chi connectivity index (χ3n) is 2.73. The zero-order valence-corrected chi connectivity index (χ0v) is 13.2. The average molecular weight is 338 g/mol. The molecule has 0 amide bonds. The quantitative estimate of drug-likeness (QED) is 0.899. The largest absolute Gasteiger partial charge is 0.497 e. The van der Waals surface area contributed by atoms with Crippen LogP contribution < -0.4 is 14.8 Å². The molecule has 0 aliphatic carbocycles. The highest BCUT2D eigenvalue weighted by Gasteiger charge is 2.11. The van der Waals surface area contributed by atoms with Gasteiger partial charge in [-0.25, -0.2) is 9.97 Å². The van der Waals surface area contributed by atoms with E-state index in [1.807, 2.05) is 32.0 Å². The van der Waals surface area contributed by atoms with Crippen molar-refractivity contribution >= 4 is 21.7 Å². The molecule has 0 saturated carbocycles. The van der Waals surface area contributed by atoms with Gasteiger partial charge in [-0.15, -0.1) is 0 Å². The van der Waals surface area contributed by atoms with Crippen molar-refractivity contribution in [3.8, 4) is 17.4 Å². The molecule has 0 radical (unpaired) electrons. The second-order valence-electron chi connectivity index (χ2n) is 4.08. The Morgan fingerprint density at radius 2 is 2.10 bits per heavy atom. The van der Waals surface area contributed by atoms with E-state index in [9.17, 15) is 0 Å². The van der Waals surface area contributed by atoms with Crippen LogP contribution in [0.5, 0.6) is 17.4 Å². The molecule has 0 atom stereocenters. The summed E-state index contributed by atoms with van der Waals surface area (Å²) >= 11 is 3.46. The minimum absolute atomic E-state index is 0.529. The molecule has 0 saturated heterocycles. The number of nitrogens with zero attached hydrogens (tertiary/aromatic N) is 2. The number of aromatic nitrogens is 2. The summed E-state index contributed by atoms with van der Waals surface area (Å²) < 4.78 is 11.8. The molecule has 1 heterocycles. The molecule has 0 unspecified atom stereocenters. The Kier molecular flexibility index (Phi) is 4.79. The molecule has 20 heavy (non-hydrogen) atoms. The Morgan fingerprint density at radius 1 is 1.30 bits per heavy atom. The summed E-state index contributed by atoms with van der Waals surface area (Å²) in [5.41, 5.74) is 0.872. The van der Waals surface area contributed by atoms with Crippen molar-refractivity contribution in [2.45, 2.75) is 13.8 Å². The number of halogens is 1. The SMILES string of the molecule is CCNc1ncnc(Oc2ccc(OC)cc2Br)c1C. The van der Waals surface area contributed by atoms with Crippen LogP contribution in [0.15, 0.2) is 29.0 Å². The number of ether oxygens (including phenoxy) is 2. The van der Waals surface area contributed by atoms with Crippen molar-refractivity contribution < 1.29 is 9.47 Å². The Labute approximate surface area is 126 Å². The topological polar surface area (TPSA) is 56.3 Å². The molecule has 106 valence electrons. The number of hydrogen-bond donors (Lipinski definition) is 1. The number of anilines is 1. The van der Waals surface area contributed by atoms with Crippen molar-refractivity contribution in [3.63, 3.8) is 0 Å². The lowest BCUT2D eigenvalue weighted by molar-refractivity contribution is 0.411. The highest BCUT2D eigenvalue weighted by atomic mass is 79.9. The van der Waals surface area contributed by atoms with Gasteiger partial charge in [0.15, 0.2) is 0 Å². The van der Waals surface area contributed by atoms with Crippen LogP contribution >= 0.6 is 15.9 Å². The fourth-order valence-corrected chi connectivity index (χ4v) is 2.12. The molecule has 0 spiro atoms. The van der Waals surface area contributed by atoms with Gasteiger partial charge in [0, 0.05) is 6.54 Å². The van der Waals surface area contributed by atoms with Crippen LogP contribution in [-0.4, -0.2) is 23.6 Å². The van der Waals surface area contributed by atoms with E-state index in [0.717, 1.165) is 28.1 Å². The van der Waals surface area contributed by atoms with Gasteiger partial charge in [-0.2, -0.15) is 0 Å². The predicted molar refractivity (Wildman–Crippen MR) is 81.7 cm³/mol. The first-order valence-corrected chi connectivity index (χ1v) is 7.01. The van der Waals surface area contributed by atoms with Gasteiger partial charge >= 0.3 is 0 Å². The second kappa shape index (κ2) is 6.56. The number of nitrogens with one attached hydrogen (secondary N) is 1. The molecule has 0 aliphatic rings. The van der Waals surface area contributed by atoms with Gasteiger partial charge in [-0.05, 0) is 48.0 Å². The van der Waals surface area contributed by atoms with Crippen LogP contribution in [0.25, 0.3) is 0 Å². The van der Waals surface area contributed by atoms with Crippen molar-refractivity contribution in [2.24, 2.45) is 0 Å². The summed E-state index contributed by atoms with van der Waals surface area (Å²) in [6.07, 6.45) is 1.48. The molecule has 6 heteroatoms. The summed E-state index contributed by atoms with van der Waals surface area (Å²) in [6, 6.07) is 5.51. The molecule has 0 fully saturated rings. The Hall–Kier alpha value is -1.82. The monoisotopic (exact) mass is 337 g/mol. The summed E-state index contributed by atoms with van der Waals surface area (Å²) in [7, 11) is 1.62. The number of hydrogen-bond acceptors (Lipinski definition) is 5. The lowest BCUT2D eigenvalue weighted by Gasteiger charge is -2.12. The summed E-state index contributed by atoms with van der Waals surface area (Å²) in [4.78, 5) is 8.36. The fraction of sp³-hybridized carbons (Fsp3) is 0.286. The number of rotatable bonds is 5. The molecular formula is C14H16BrN3O2. The van der Waals surface area contributed by atoms with Crippen LogP contribution in [0.1, 0.15) is 12.5 Å². The highest BCUT2D eigenvalue weighted by Crippen LogP contribution is 2.33. The van der Waals surface area contributed by atoms with Crippen molar-refractivity contribution in [3.05, 3.63) is 34.6 Å². The average Bonchev–Trinajstić information content (AvgIpc) is 2.45. The molecular weight excluding hydrogens is 322 g/mol. The Bertz CT molecular complexity index is 605. The van der Waals surface area contributed by atoms with Crippen LogP contribution in [-0.2, 0) is 0 Å². The van der Waals surface area contributed by atoms with Crippen LogP contribution in [0.2, 0.25) is 0 Å². The predicted octanol–water partition coefficient (Wildman–Crippen LogP) is 3.78. The first-order chi connectivity index (χ1) is 9.65. The fourth-order valence-electron chi connectivity index (χ4n) is 1.68. The van der Waals surface area contributed by atoms with E-state index in [4.69, 9.17) is 9.47 Å². The van der Waals surface area contributed by atoms with E-state index in [-0.39, 0.29) is 0 Å². The van der Waals surface area contributed by atoms with E-state index in [2.05, 4.69) is 31.2 Å². The van der Waals surface area contributed by atoms with E-state index in [0.29, 0.717) is 11.6 Å². The van der Waals surface area contributed by atoms with Gasteiger partial charge in [0.05, 0.1) is 17.1 Å². The maximum absolute atomic E-state index is 5.83. The molecule has 1 aromatic heterocycles. The first kappa shape index (κ1) is 14.6. The Morgan fingerprint density at radius 3 is 2.75 bits per heavy atom. The van der Waals surface area contributed by atoms with Crippen LogP contribution in [0.3, 0.4) is 0 Å². The van der Waals surface area contributed by atoms with E-state index < -0.39 is 0 Å². The molecule has 1 N–H and O–H groups in total. The highest BCUT2D eigenvalue weighted by molar-refractivity contribution is 9.10. The van der Waals surface area contributed by atoms with E-state index in [1.54, 1.807) is 7.11 Å². The third-order valence-corrected chi connectivity index (χ3v) is 3.35. The second-order valence-corrected chi connectivity index (χ2v) is 4.94. The van der Waals surface area contributed by atoms with Crippen molar-refractivity contribution in [1.82, 2.24) is 9.97 Å². The normalized spacial score (nSPS) is 10.2. The maximum Gasteiger partial charge on any atom is 0.227 e. The van der Waals surface area contributed by atoms with E-state index >= 15 is 0 Å². The lowest BCUT2D eigenvalue weighted by Crippen LogP contribution is -2.04. The molecule has 0 bridgehead atoms. The molecule has 1 aromatic carbocycles. The summed E-state index contributed by atoms with van der Waals surface area (Å²) in [5.74, 6) is 2.75. The van der Waals surface area contributed by atoms with Gasteiger partial charge in [0.25, 0.3) is 0 Å². The first-order valence-electron chi connectivity index (χ1n) is 6.22. The zero-order chi connectivity index (χ0) is 14.5. The third kappa shape index (κ3) is 3.19. The zero-order valence-electron chi connectivity index (χ0n) is 11.6. The van der Waals surface area contributed by atoms with Gasteiger partial charge in [0.1, 0.15) is 23.6 Å². The number of benzene rings is 1. The summed E-state index contributed by atoms with van der Waals surface area (Å²) in [6.45, 7) is 4.73. The van der Waals surface area contributed by atoms with Crippen molar-refractivity contribution in [1.29, 1.82) is 0 Å². The Balaban J connectivity index is 2.28. The summed E-state index contributed by atoms with van der Waals surface area (Å²) in [5, 5.41) is 3.17. The minimum atomic E-state index is 0.529. The van der Waals surface area contributed by atoms with Crippen molar-refractivity contribution in [2.75, 3.05) is 19.0 Å². The molecule has 5 nitrogen and oxygen atoms in total. The standard InChI is InChI=1S/C14H16BrN3O2/c1-4-16-13-9(2)14(18-8-17-13)20-12-6-5-10(19-3)7-11(12)15/h5-8H,4H2,1-3H3,(H,16,17,18). The molecule has 2 aromatic rings. The van der Waals surface area contributed by atoms with E-state index in [1.165, 1.54) is 6.33 Å². The van der Waals surface area contributed by atoms with Gasteiger partial charge < -0.3 is 14.8 Å². The minimum Gasteiger partial charge on any atom is -0.497 e. The smallest absolute Gasteiger partial charge is 0.227 e. The van der Waals surface area contributed by atoms with Gasteiger partial charge in [0.2, 0.25) is 5.88 Å². The molecule has 0 aliphatic heterocycles. The molecule has 2 rings (SSSR count). The van der Waals surface area contributed by atoms with Crippen LogP contribution in [0.4, 0.5) is 5.82 Å². The van der Waals surface area contributed by atoms with Gasteiger partial charge in [-0.1, -0.05) is 0 Å². The number of methoxy groups -OCH3 is 1. The lowest BCUT2D eigenvalue weighted by atomic mass is 10.3. The van der Waals surface area contributed by atoms with Gasteiger partial charge in [-0.3, -0.25) is 0 Å².